The molecule has 1 aliphatic heterocycles. The number of hydrogen-bond acceptors (Lipinski definition) is 4. The molecule has 92 valence electrons. The number of nitrogens with one attached hydrogen (secondary N) is 1. The highest BCUT2D eigenvalue weighted by molar-refractivity contribution is 5.69. The molecule has 0 radical (unpaired) electrons. The minimum absolute atomic E-state index is 0.251. The largest absolute Gasteiger partial charge is 0.448 e. The van der Waals surface area contributed by atoms with Gasteiger partial charge in [0.2, 0.25) is 0 Å². The van der Waals surface area contributed by atoms with Crippen molar-refractivity contribution in [3.05, 3.63) is 23.9 Å². The van der Waals surface area contributed by atoms with E-state index in [9.17, 15) is 4.79 Å². The van der Waals surface area contributed by atoms with Crippen molar-refractivity contribution in [2.75, 3.05) is 25.0 Å². The van der Waals surface area contributed by atoms with Gasteiger partial charge in [-0.2, -0.15) is 0 Å². The van der Waals surface area contributed by atoms with Crippen molar-refractivity contribution >= 4 is 11.9 Å². The van der Waals surface area contributed by atoms with E-state index < -0.39 is 0 Å². The summed E-state index contributed by atoms with van der Waals surface area (Å²) in [5, 5.41) is 3.23. The normalized spacial score (nSPS) is 14.9. The number of pyridine rings is 1. The predicted molar refractivity (Wildman–Crippen MR) is 64.8 cm³/mol. The average Bonchev–Trinajstić information content (AvgIpc) is 2.73. The van der Waals surface area contributed by atoms with Crippen LogP contribution in [0.4, 0.5) is 10.6 Å². The lowest BCUT2D eigenvalue weighted by atomic mass is 10.3. The molecular formula is C12H17N3O2. The van der Waals surface area contributed by atoms with Gasteiger partial charge in [-0.15, -0.1) is 0 Å². The number of ether oxygens (including phenoxy) is 1. The Bertz CT molecular complexity index is 395. The molecule has 0 spiro atoms. The lowest BCUT2D eigenvalue weighted by molar-refractivity contribution is 0.157. The van der Waals surface area contributed by atoms with Gasteiger partial charge in [0.1, 0.15) is 12.4 Å². The number of amides is 1. The average molecular weight is 235 g/mol. The van der Waals surface area contributed by atoms with Gasteiger partial charge < -0.3 is 10.1 Å². The highest BCUT2D eigenvalue weighted by Crippen LogP contribution is 2.11. The Morgan fingerprint density at radius 2 is 2.41 bits per heavy atom. The van der Waals surface area contributed by atoms with Crippen LogP contribution in [0.2, 0.25) is 0 Å². The fourth-order valence-corrected chi connectivity index (χ4v) is 1.68. The molecule has 0 atom stereocenters. The van der Waals surface area contributed by atoms with E-state index in [4.69, 9.17) is 4.74 Å². The van der Waals surface area contributed by atoms with E-state index in [1.807, 2.05) is 18.2 Å². The molecule has 2 heterocycles. The van der Waals surface area contributed by atoms with Crippen molar-refractivity contribution < 1.29 is 9.53 Å². The Balaban J connectivity index is 1.98. The van der Waals surface area contributed by atoms with E-state index in [1.165, 1.54) is 0 Å². The molecule has 0 bridgehead atoms. The maximum Gasteiger partial charge on any atom is 0.410 e. The van der Waals surface area contributed by atoms with Gasteiger partial charge in [-0.3, -0.25) is 4.90 Å². The van der Waals surface area contributed by atoms with Crippen molar-refractivity contribution in [2.45, 2.75) is 19.9 Å². The van der Waals surface area contributed by atoms with E-state index in [2.05, 4.69) is 17.2 Å². The third kappa shape index (κ3) is 3.09. The van der Waals surface area contributed by atoms with Gasteiger partial charge in [0.15, 0.2) is 0 Å². The smallest absolute Gasteiger partial charge is 0.410 e. The van der Waals surface area contributed by atoms with Crippen molar-refractivity contribution in [3.8, 4) is 0 Å². The molecule has 2 rings (SSSR count). The zero-order valence-corrected chi connectivity index (χ0v) is 9.98. The molecule has 1 aliphatic rings. The van der Waals surface area contributed by atoms with E-state index in [-0.39, 0.29) is 6.09 Å². The van der Waals surface area contributed by atoms with Crippen LogP contribution < -0.4 is 5.32 Å². The second-order valence-corrected chi connectivity index (χ2v) is 3.98. The van der Waals surface area contributed by atoms with Crippen LogP contribution in [0.25, 0.3) is 0 Å². The van der Waals surface area contributed by atoms with Gasteiger partial charge in [0.25, 0.3) is 0 Å². The van der Waals surface area contributed by atoms with Crippen molar-refractivity contribution in [2.24, 2.45) is 0 Å². The molecule has 5 nitrogen and oxygen atoms in total. The Hall–Kier alpha value is -1.78. The quantitative estimate of drug-likeness (QED) is 0.846. The number of aromatic nitrogens is 1. The molecule has 1 fully saturated rings. The molecule has 0 aliphatic carbocycles. The van der Waals surface area contributed by atoms with Gasteiger partial charge in [-0.25, -0.2) is 9.78 Å². The van der Waals surface area contributed by atoms with Crippen molar-refractivity contribution in [3.63, 3.8) is 0 Å². The molecule has 0 aromatic carbocycles. The lowest BCUT2D eigenvalue weighted by Gasteiger charge is -2.12. The molecule has 1 N–H and O–H groups in total. The summed E-state index contributed by atoms with van der Waals surface area (Å²) in [7, 11) is 0. The summed E-state index contributed by atoms with van der Waals surface area (Å²) in [6, 6.07) is 5.80. The molecule has 1 aromatic heterocycles. The fourth-order valence-electron chi connectivity index (χ4n) is 1.68. The first kappa shape index (κ1) is 11.7. The molecule has 1 amide bonds. The van der Waals surface area contributed by atoms with E-state index in [1.54, 1.807) is 4.90 Å². The number of carbonyl (C=O) groups excluding carboxylic acids is 1. The molecule has 1 aromatic rings. The van der Waals surface area contributed by atoms with Crippen LogP contribution in [0.5, 0.6) is 0 Å². The summed E-state index contributed by atoms with van der Waals surface area (Å²) in [6.07, 6.45) is 0.809. The molecule has 5 heteroatoms. The fraction of sp³-hybridized carbons (Fsp3) is 0.500. The second kappa shape index (κ2) is 5.52. The topological polar surface area (TPSA) is 54.5 Å². The van der Waals surface area contributed by atoms with Crippen LogP contribution in [0.1, 0.15) is 19.0 Å². The van der Waals surface area contributed by atoms with Crippen LogP contribution in [-0.4, -0.2) is 35.7 Å². The van der Waals surface area contributed by atoms with Crippen LogP contribution in [-0.2, 0) is 11.3 Å². The number of anilines is 1. The van der Waals surface area contributed by atoms with Crippen LogP contribution in [0.15, 0.2) is 18.2 Å². The molecule has 0 saturated carbocycles. The molecule has 17 heavy (non-hydrogen) atoms. The highest BCUT2D eigenvalue weighted by atomic mass is 16.6. The number of nitrogens with zero attached hydrogens (tertiary/aromatic N) is 2. The van der Waals surface area contributed by atoms with E-state index >= 15 is 0 Å². The highest BCUT2D eigenvalue weighted by Gasteiger charge is 2.22. The first-order valence-electron chi connectivity index (χ1n) is 5.91. The summed E-state index contributed by atoms with van der Waals surface area (Å²) in [5.74, 6) is 0.858. The Labute approximate surface area is 101 Å². The third-order valence-corrected chi connectivity index (χ3v) is 2.56. The molecule has 1 saturated heterocycles. The Kier molecular flexibility index (Phi) is 3.80. The number of carbonyl (C=O) groups is 1. The van der Waals surface area contributed by atoms with Crippen LogP contribution in [0, 0.1) is 0 Å². The molecular weight excluding hydrogens is 218 g/mol. The van der Waals surface area contributed by atoms with Gasteiger partial charge in [0, 0.05) is 6.54 Å². The summed E-state index contributed by atoms with van der Waals surface area (Å²) < 4.78 is 4.88. The monoisotopic (exact) mass is 235 g/mol. The predicted octanol–water partition coefficient (Wildman–Crippen LogP) is 1.86. The number of hydrogen-bond donors (Lipinski definition) is 1. The summed E-state index contributed by atoms with van der Waals surface area (Å²) in [4.78, 5) is 17.4. The number of cyclic esters (lactones) is 1. The van der Waals surface area contributed by atoms with Gasteiger partial charge >= 0.3 is 6.09 Å². The first-order valence-corrected chi connectivity index (χ1v) is 5.91. The van der Waals surface area contributed by atoms with Gasteiger partial charge in [-0.05, 0) is 18.6 Å². The zero-order valence-electron chi connectivity index (χ0n) is 9.98. The maximum absolute atomic E-state index is 11.3. The minimum Gasteiger partial charge on any atom is -0.448 e. The Morgan fingerprint density at radius 3 is 3.12 bits per heavy atom. The zero-order chi connectivity index (χ0) is 12.1. The third-order valence-electron chi connectivity index (χ3n) is 2.56. The summed E-state index contributed by atoms with van der Waals surface area (Å²) >= 11 is 0. The van der Waals surface area contributed by atoms with Crippen LogP contribution in [0.3, 0.4) is 0 Å². The summed E-state index contributed by atoms with van der Waals surface area (Å²) in [5.41, 5.74) is 0.880. The van der Waals surface area contributed by atoms with Crippen molar-refractivity contribution in [1.29, 1.82) is 0 Å². The van der Waals surface area contributed by atoms with Gasteiger partial charge in [0.05, 0.1) is 18.8 Å². The molecule has 0 unspecified atom stereocenters. The summed E-state index contributed by atoms with van der Waals surface area (Å²) in [6.45, 7) is 4.65. The lowest BCUT2D eigenvalue weighted by Crippen LogP contribution is -2.24. The van der Waals surface area contributed by atoms with E-state index in [0.717, 1.165) is 24.5 Å². The minimum atomic E-state index is -0.251. The Morgan fingerprint density at radius 1 is 1.53 bits per heavy atom. The second-order valence-electron chi connectivity index (χ2n) is 3.98. The standard InChI is InChI=1S/C12H17N3O2/c1-2-6-13-11-5-3-4-10(14-11)9-15-7-8-17-12(15)16/h3-5H,2,6-9H2,1H3,(H,13,14). The van der Waals surface area contributed by atoms with Crippen molar-refractivity contribution in [1.82, 2.24) is 9.88 Å². The van der Waals surface area contributed by atoms with Gasteiger partial charge in [-0.1, -0.05) is 13.0 Å². The first-order chi connectivity index (χ1) is 8.29. The SMILES string of the molecule is CCCNc1cccc(CN2CCOC2=O)n1. The van der Waals surface area contributed by atoms with E-state index in [0.29, 0.717) is 19.7 Å². The number of rotatable bonds is 5. The van der Waals surface area contributed by atoms with Crippen LogP contribution >= 0.6 is 0 Å². The maximum atomic E-state index is 11.3.